The van der Waals surface area contributed by atoms with Crippen LogP contribution in [-0.4, -0.2) is 31.4 Å². The highest BCUT2D eigenvalue weighted by molar-refractivity contribution is 6.30. The van der Waals surface area contributed by atoms with Crippen LogP contribution in [0.4, 0.5) is 14.9 Å². The molecule has 0 aliphatic heterocycles. The average molecular weight is 390 g/mol. The third-order valence-corrected chi connectivity index (χ3v) is 4.26. The molecule has 1 amide bonds. The average Bonchev–Trinajstić information content (AvgIpc) is 2.99. The number of amides is 1. The number of carbonyl (C=O) groups is 1. The Labute approximate surface area is 159 Å². The fourth-order valence-corrected chi connectivity index (χ4v) is 2.80. The first kappa shape index (κ1) is 18.8. The molecule has 0 saturated heterocycles. The van der Waals surface area contributed by atoms with Crippen molar-refractivity contribution in [3.05, 3.63) is 75.9 Å². The summed E-state index contributed by atoms with van der Waals surface area (Å²) in [5, 5.41) is 4.26. The van der Waals surface area contributed by atoms with Gasteiger partial charge in [0.2, 0.25) is 0 Å². The summed E-state index contributed by atoms with van der Waals surface area (Å²) in [6, 6.07) is 8.07. The zero-order valence-corrected chi connectivity index (χ0v) is 15.5. The number of benzene rings is 1. The molecule has 3 rings (SSSR count). The topological polar surface area (TPSA) is 73.0 Å². The van der Waals surface area contributed by atoms with E-state index in [9.17, 15) is 14.0 Å². The monoisotopic (exact) mass is 389 g/mol. The lowest BCUT2D eigenvalue weighted by Gasteiger charge is -2.26. The van der Waals surface area contributed by atoms with E-state index in [-0.39, 0.29) is 17.7 Å². The minimum absolute atomic E-state index is 0.0873. The Morgan fingerprint density at radius 1 is 1.26 bits per heavy atom. The van der Waals surface area contributed by atoms with Crippen LogP contribution in [0, 0.1) is 5.82 Å². The molecule has 0 saturated carbocycles. The van der Waals surface area contributed by atoms with Gasteiger partial charge < -0.3 is 0 Å². The summed E-state index contributed by atoms with van der Waals surface area (Å²) in [6.45, 7) is 3.68. The SMILES string of the molecule is CC(C)N(C(=O)n1cnn(Cc2cccnc2Cl)c1=O)c1ccc(F)cc1. The largest absolute Gasteiger partial charge is 0.354 e. The van der Waals surface area contributed by atoms with Crippen LogP contribution in [0.2, 0.25) is 5.15 Å². The van der Waals surface area contributed by atoms with Crippen molar-refractivity contribution < 1.29 is 9.18 Å². The quantitative estimate of drug-likeness (QED) is 0.642. The van der Waals surface area contributed by atoms with Gasteiger partial charge in [-0.1, -0.05) is 17.7 Å². The number of halogens is 2. The second kappa shape index (κ2) is 7.71. The Hall–Kier alpha value is -3.00. The van der Waals surface area contributed by atoms with Crippen LogP contribution in [0.1, 0.15) is 19.4 Å². The Morgan fingerprint density at radius 3 is 2.59 bits per heavy atom. The van der Waals surface area contributed by atoms with Gasteiger partial charge in [-0.15, -0.1) is 0 Å². The number of nitrogens with zero attached hydrogens (tertiary/aromatic N) is 5. The van der Waals surface area contributed by atoms with Crippen LogP contribution < -0.4 is 10.6 Å². The summed E-state index contributed by atoms with van der Waals surface area (Å²) < 4.78 is 15.2. The first-order chi connectivity index (χ1) is 12.9. The van der Waals surface area contributed by atoms with Crippen LogP contribution >= 0.6 is 11.6 Å². The van der Waals surface area contributed by atoms with E-state index >= 15 is 0 Å². The van der Waals surface area contributed by atoms with Crippen molar-refractivity contribution in [1.82, 2.24) is 19.3 Å². The lowest BCUT2D eigenvalue weighted by Crippen LogP contribution is -2.44. The molecule has 0 unspecified atom stereocenters. The van der Waals surface area contributed by atoms with E-state index in [0.717, 1.165) is 15.6 Å². The summed E-state index contributed by atoms with van der Waals surface area (Å²) in [4.78, 5) is 30.9. The first-order valence-electron chi connectivity index (χ1n) is 8.21. The fourth-order valence-electron chi connectivity index (χ4n) is 2.62. The zero-order chi connectivity index (χ0) is 19.6. The number of hydrogen-bond acceptors (Lipinski definition) is 4. The van der Waals surface area contributed by atoms with E-state index in [1.807, 2.05) is 0 Å². The molecular formula is C18H17ClFN5O2. The van der Waals surface area contributed by atoms with Crippen LogP contribution in [0.25, 0.3) is 0 Å². The zero-order valence-electron chi connectivity index (χ0n) is 14.7. The molecule has 0 N–H and O–H groups in total. The Morgan fingerprint density at radius 2 is 1.96 bits per heavy atom. The molecular weight excluding hydrogens is 373 g/mol. The summed E-state index contributed by atoms with van der Waals surface area (Å²) >= 11 is 6.01. The van der Waals surface area contributed by atoms with Gasteiger partial charge >= 0.3 is 11.7 Å². The third kappa shape index (κ3) is 3.90. The molecule has 0 aliphatic carbocycles. The van der Waals surface area contributed by atoms with Crippen molar-refractivity contribution in [2.75, 3.05) is 4.90 Å². The highest BCUT2D eigenvalue weighted by Gasteiger charge is 2.23. The van der Waals surface area contributed by atoms with E-state index in [4.69, 9.17) is 11.6 Å². The van der Waals surface area contributed by atoms with E-state index in [1.54, 1.807) is 32.2 Å². The van der Waals surface area contributed by atoms with E-state index < -0.39 is 17.5 Å². The summed E-state index contributed by atoms with van der Waals surface area (Å²) in [5.74, 6) is -0.409. The Bertz CT molecular complexity index is 1010. The highest BCUT2D eigenvalue weighted by atomic mass is 35.5. The van der Waals surface area contributed by atoms with E-state index in [1.165, 1.54) is 29.2 Å². The molecule has 140 valence electrons. The predicted molar refractivity (Wildman–Crippen MR) is 99.6 cm³/mol. The molecule has 2 heterocycles. The molecule has 27 heavy (non-hydrogen) atoms. The van der Waals surface area contributed by atoms with Crippen LogP contribution in [-0.2, 0) is 6.54 Å². The molecule has 0 aliphatic rings. The standard InChI is InChI=1S/C18H17ClFN5O2/c1-12(2)25(15-7-5-14(20)6-8-15)18(27)23-11-22-24(17(23)26)10-13-4-3-9-21-16(13)19/h3-9,11-12H,10H2,1-2H3. The molecule has 0 fully saturated rings. The maximum atomic E-state index is 13.2. The fraction of sp³-hybridized carbons (Fsp3) is 0.222. The highest BCUT2D eigenvalue weighted by Crippen LogP contribution is 2.19. The Kier molecular flexibility index (Phi) is 5.36. The van der Waals surface area contributed by atoms with Crippen LogP contribution in [0.3, 0.4) is 0 Å². The number of anilines is 1. The molecule has 0 bridgehead atoms. The second-order valence-corrected chi connectivity index (χ2v) is 6.48. The lowest BCUT2D eigenvalue weighted by molar-refractivity contribution is 0.245. The van der Waals surface area contributed by atoms with Crippen LogP contribution in [0.5, 0.6) is 0 Å². The third-order valence-electron chi connectivity index (χ3n) is 3.92. The van der Waals surface area contributed by atoms with Gasteiger partial charge in [0.15, 0.2) is 0 Å². The number of pyridine rings is 1. The number of aromatic nitrogens is 4. The van der Waals surface area contributed by atoms with Gasteiger partial charge in [0.1, 0.15) is 17.3 Å². The van der Waals surface area contributed by atoms with Crippen LogP contribution in [0.15, 0.2) is 53.7 Å². The maximum absolute atomic E-state index is 13.2. The maximum Gasteiger partial charge on any atom is 0.354 e. The van der Waals surface area contributed by atoms with E-state index in [0.29, 0.717) is 11.3 Å². The molecule has 0 radical (unpaired) electrons. The van der Waals surface area contributed by atoms with Crippen molar-refractivity contribution in [3.63, 3.8) is 0 Å². The van der Waals surface area contributed by atoms with Gasteiger partial charge in [0.25, 0.3) is 0 Å². The normalized spacial score (nSPS) is 11.0. The molecule has 3 aromatic rings. The van der Waals surface area contributed by atoms with Gasteiger partial charge in [-0.25, -0.2) is 23.6 Å². The number of carbonyl (C=O) groups excluding carboxylic acids is 1. The minimum atomic E-state index is -0.604. The van der Waals surface area contributed by atoms with Crippen molar-refractivity contribution in [2.45, 2.75) is 26.4 Å². The van der Waals surface area contributed by atoms with Gasteiger partial charge in [-0.05, 0) is 44.2 Å². The van der Waals surface area contributed by atoms with Crippen molar-refractivity contribution in [1.29, 1.82) is 0 Å². The molecule has 1 aromatic carbocycles. The molecule has 0 spiro atoms. The smallest absolute Gasteiger partial charge is 0.291 e. The minimum Gasteiger partial charge on any atom is -0.291 e. The first-order valence-corrected chi connectivity index (χ1v) is 8.59. The van der Waals surface area contributed by atoms with E-state index in [2.05, 4.69) is 10.1 Å². The van der Waals surface area contributed by atoms with Gasteiger partial charge in [-0.3, -0.25) is 4.90 Å². The summed E-state index contributed by atoms with van der Waals surface area (Å²) in [6.07, 6.45) is 2.70. The number of hydrogen-bond donors (Lipinski definition) is 0. The van der Waals surface area contributed by atoms with Gasteiger partial charge in [0, 0.05) is 23.5 Å². The van der Waals surface area contributed by atoms with Crippen molar-refractivity contribution in [3.8, 4) is 0 Å². The second-order valence-electron chi connectivity index (χ2n) is 6.12. The number of rotatable bonds is 4. The summed E-state index contributed by atoms with van der Waals surface area (Å²) in [5.41, 5.74) is 0.484. The van der Waals surface area contributed by atoms with Gasteiger partial charge in [-0.2, -0.15) is 9.67 Å². The molecule has 7 nitrogen and oxygen atoms in total. The van der Waals surface area contributed by atoms with Gasteiger partial charge in [0.05, 0.1) is 6.54 Å². The lowest BCUT2D eigenvalue weighted by atomic mass is 10.2. The molecule has 0 atom stereocenters. The Balaban J connectivity index is 1.92. The molecule has 9 heteroatoms. The molecule has 2 aromatic heterocycles. The summed E-state index contributed by atoms with van der Waals surface area (Å²) in [7, 11) is 0. The predicted octanol–water partition coefficient (Wildman–Crippen LogP) is 3.16. The van der Waals surface area contributed by atoms with Crippen molar-refractivity contribution in [2.24, 2.45) is 0 Å². The van der Waals surface area contributed by atoms with Crippen molar-refractivity contribution >= 4 is 23.3 Å².